The van der Waals surface area contributed by atoms with Crippen molar-refractivity contribution >= 4 is 31.6 Å². The van der Waals surface area contributed by atoms with E-state index in [0.717, 1.165) is 12.1 Å². The Kier molecular flexibility index (Phi) is 4.01. The second-order valence-electron chi connectivity index (χ2n) is 3.92. The first-order valence-corrected chi connectivity index (χ1v) is 7.59. The highest BCUT2D eigenvalue weighted by molar-refractivity contribution is 9.10. The van der Waals surface area contributed by atoms with Crippen molar-refractivity contribution in [1.29, 1.82) is 0 Å². The van der Waals surface area contributed by atoms with E-state index >= 15 is 0 Å². The summed E-state index contributed by atoms with van der Waals surface area (Å²) in [6, 6.07) is 1.30. The van der Waals surface area contributed by atoms with Crippen molar-refractivity contribution in [3.63, 3.8) is 0 Å². The number of aromatic nitrogens is 4. The molecule has 0 spiro atoms. The van der Waals surface area contributed by atoms with E-state index in [0.29, 0.717) is 0 Å². The van der Waals surface area contributed by atoms with E-state index in [1.807, 2.05) is 0 Å². The number of aromatic amines is 1. The maximum Gasteiger partial charge on any atom is 0.243 e. The number of tetrazole rings is 1. The molecule has 108 valence electrons. The Hall–Kier alpha value is -1.59. The average Bonchev–Trinajstić information content (AvgIpc) is 2.86. The lowest BCUT2D eigenvalue weighted by molar-refractivity contribution is 0.559. The largest absolute Gasteiger partial charge is 0.398 e. The van der Waals surface area contributed by atoms with Crippen LogP contribution >= 0.6 is 15.9 Å². The van der Waals surface area contributed by atoms with Crippen molar-refractivity contribution in [3.8, 4) is 0 Å². The lowest BCUT2D eigenvalue weighted by Crippen LogP contribution is -2.28. The Morgan fingerprint density at radius 3 is 2.80 bits per heavy atom. The van der Waals surface area contributed by atoms with E-state index in [1.54, 1.807) is 0 Å². The van der Waals surface area contributed by atoms with Gasteiger partial charge >= 0.3 is 0 Å². The summed E-state index contributed by atoms with van der Waals surface area (Å²) >= 11 is 2.92. The van der Waals surface area contributed by atoms with E-state index in [4.69, 9.17) is 5.73 Å². The predicted molar refractivity (Wildman–Crippen MR) is 71.4 cm³/mol. The number of H-pyrrole nitrogens is 1. The van der Waals surface area contributed by atoms with Crippen LogP contribution in [0, 0.1) is 5.82 Å². The third-order valence-corrected chi connectivity index (χ3v) is 4.63. The molecule has 0 fully saturated rings. The number of nitrogens with zero attached hydrogens (tertiary/aromatic N) is 3. The lowest BCUT2D eigenvalue weighted by Gasteiger charge is -2.13. The van der Waals surface area contributed by atoms with E-state index in [-0.39, 0.29) is 20.9 Å². The fourth-order valence-electron chi connectivity index (χ4n) is 1.48. The standard InChI is InChI=1S/C9H10BrFN6O2S/c1-4(9-13-16-17-14-9)15-20(18,19)8-2-5(10)6(11)3-7(8)12/h2-4,15H,12H2,1H3,(H,13,14,16,17). The molecule has 2 aromatic rings. The Morgan fingerprint density at radius 2 is 2.20 bits per heavy atom. The quantitative estimate of drug-likeness (QED) is 0.686. The van der Waals surface area contributed by atoms with E-state index < -0.39 is 21.9 Å². The third kappa shape index (κ3) is 2.94. The second kappa shape index (κ2) is 5.42. The zero-order valence-corrected chi connectivity index (χ0v) is 12.5. The van der Waals surface area contributed by atoms with Crippen molar-refractivity contribution in [3.05, 3.63) is 28.2 Å². The predicted octanol–water partition coefficient (Wildman–Crippen LogP) is 0.723. The zero-order chi connectivity index (χ0) is 14.9. The maximum atomic E-state index is 13.3. The fraction of sp³-hybridized carbons (Fsp3) is 0.222. The third-order valence-electron chi connectivity index (χ3n) is 2.42. The smallest absolute Gasteiger partial charge is 0.243 e. The number of hydrogen-bond acceptors (Lipinski definition) is 6. The second-order valence-corrected chi connectivity index (χ2v) is 6.45. The molecule has 1 aromatic carbocycles. The van der Waals surface area contributed by atoms with Crippen LogP contribution in [0.3, 0.4) is 0 Å². The summed E-state index contributed by atoms with van der Waals surface area (Å²) in [6.07, 6.45) is 0. The molecule has 1 heterocycles. The number of hydrogen-bond donors (Lipinski definition) is 3. The van der Waals surface area contributed by atoms with Gasteiger partial charge in [-0.15, -0.1) is 10.2 Å². The van der Waals surface area contributed by atoms with Crippen LogP contribution in [-0.4, -0.2) is 29.0 Å². The number of nitrogen functional groups attached to an aromatic ring is 1. The van der Waals surface area contributed by atoms with Crippen LogP contribution in [0.1, 0.15) is 18.8 Å². The van der Waals surface area contributed by atoms with Crippen molar-refractivity contribution in [2.45, 2.75) is 17.9 Å². The fourth-order valence-corrected chi connectivity index (χ4v) is 3.31. The highest BCUT2D eigenvalue weighted by atomic mass is 79.9. The lowest BCUT2D eigenvalue weighted by atomic mass is 10.3. The van der Waals surface area contributed by atoms with Crippen molar-refractivity contribution in [1.82, 2.24) is 25.3 Å². The maximum absolute atomic E-state index is 13.3. The highest BCUT2D eigenvalue weighted by Gasteiger charge is 2.24. The molecule has 0 radical (unpaired) electrons. The van der Waals surface area contributed by atoms with Gasteiger partial charge in [0.25, 0.3) is 0 Å². The number of nitrogens with two attached hydrogens (primary N) is 1. The molecule has 0 aliphatic rings. The van der Waals surface area contributed by atoms with Gasteiger partial charge in [-0.25, -0.2) is 17.5 Å². The van der Waals surface area contributed by atoms with Gasteiger partial charge in [0.2, 0.25) is 10.0 Å². The minimum atomic E-state index is -3.95. The van der Waals surface area contributed by atoms with Crippen LogP contribution < -0.4 is 10.5 Å². The van der Waals surface area contributed by atoms with Gasteiger partial charge in [-0.2, -0.15) is 5.21 Å². The van der Waals surface area contributed by atoms with E-state index in [9.17, 15) is 12.8 Å². The molecule has 0 saturated heterocycles. The minimum Gasteiger partial charge on any atom is -0.398 e. The molecule has 1 unspecified atom stereocenters. The van der Waals surface area contributed by atoms with Gasteiger partial charge in [0.15, 0.2) is 5.82 Å². The molecule has 0 saturated carbocycles. The summed E-state index contributed by atoms with van der Waals surface area (Å²) in [6.45, 7) is 1.54. The molecule has 0 aliphatic carbocycles. The zero-order valence-electron chi connectivity index (χ0n) is 10.1. The van der Waals surface area contributed by atoms with E-state index in [1.165, 1.54) is 6.92 Å². The normalized spacial score (nSPS) is 13.3. The molecule has 1 atom stereocenters. The molecule has 1 aromatic heterocycles. The van der Waals surface area contributed by atoms with Gasteiger partial charge in [0, 0.05) is 0 Å². The van der Waals surface area contributed by atoms with Gasteiger partial charge in [-0.3, -0.25) is 0 Å². The molecule has 0 aliphatic heterocycles. The number of rotatable bonds is 4. The summed E-state index contributed by atoms with van der Waals surface area (Å²) in [4.78, 5) is -0.235. The van der Waals surface area contributed by atoms with Crippen LogP contribution in [0.15, 0.2) is 21.5 Å². The van der Waals surface area contributed by atoms with Gasteiger partial charge in [0.1, 0.15) is 10.7 Å². The number of nitrogens with one attached hydrogen (secondary N) is 2. The van der Waals surface area contributed by atoms with Crippen molar-refractivity contribution < 1.29 is 12.8 Å². The molecule has 11 heteroatoms. The molecule has 2 rings (SSSR count). The Balaban J connectivity index is 2.34. The summed E-state index contributed by atoms with van der Waals surface area (Å²) < 4.78 is 40.0. The molecule has 4 N–H and O–H groups in total. The SMILES string of the molecule is CC(NS(=O)(=O)c1cc(Br)c(F)cc1N)c1nn[nH]n1. The first kappa shape index (κ1) is 14.8. The summed E-state index contributed by atoms with van der Waals surface area (Å²) in [7, 11) is -3.95. The van der Waals surface area contributed by atoms with Gasteiger partial charge in [0.05, 0.1) is 16.2 Å². The number of anilines is 1. The highest BCUT2D eigenvalue weighted by Crippen LogP contribution is 2.26. The Labute approximate surface area is 122 Å². The molecular formula is C9H10BrFN6O2S. The van der Waals surface area contributed by atoms with Crippen LogP contribution in [0.4, 0.5) is 10.1 Å². The van der Waals surface area contributed by atoms with E-state index in [2.05, 4.69) is 41.3 Å². The number of benzene rings is 1. The first-order chi connectivity index (χ1) is 9.31. The number of sulfonamides is 1. The molecule has 8 nitrogen and oxygen atoms in total. The van der Waals surface area contributed by atoms with Crippen LogP contribution in [-0.2, 0) is 10.0 Å². The summed E-state index contributed by atoms with van der Waals surface area (Å²) in [5, 5.41) is 12.9. The van der Waals surface area contributed by atoms with Crippen LogP contribution in [0.2, 0.25) is 0 Å². The molecule has 0 amide bonds. The summed E-state index contributed by atoms with van der Waals surface area (Å²) in [5.41, 5.74) is 5.35. The van der Waals surface area contributed by atoms with Gasteiger partial charge < -0.3 is 5.73 Å². The van der Waals surface area contributed by atoms with Gasteiger partial charge in [-0.05, 0) is 35.0 Å². The van der Waals surface area contributed by atoms with Crippen molar-refractivity contribution in [2.24, 2.45) is 0 Å². The van der Waals surface area contributed by atoms with Crippen LogP contribution in [0.5, 0.6) is 0 Å². The summed E-state index contributed by atoms with van der Waals surface area (Å²) in [5.74, 6) is -0.471. The Bertz CT molecular complexity index is 720. The molecule has 20 heavy (non-hydrogen) atoms. The topological polar surface area (TPSA) is 127 Å². The van der Waals surface area contributed by atoms with Gasteiger partial charge in [-0.1, -0.05) is 5.21 Å². The molecular weight excluding hydrogens is 355 g/mol. The average molecular weight is 365 g/mol. The number of halogens is 2. The Morgan fingerprint density at radius 1 is 1.50 bits per heavy atom. The minimum absolute atomic E-state index is 0.000658. The first-order valence-electron chi connectivity index (χ1n) is 5.31. The molecule has 0 bridgehead atoms. The van der Waals surface area contributed by atoms with Crippen LogP contribution in [0.25, 0.3) is 0 Å². The van der Waals surface area contributed by atoms with Crippen molar-refractivity contribution in [2.75, 3.05) is 5.73 Å². The monoisotopic (exact) mass is 364 g/mol.